The van der Waals surface area contributed by atoms with Crippen LogP contribution in [-0.2, 0) is 0 Å². The van der Waals surface area contributed by atoms with Gasteiger partial charge < -0.3 is 15.5 Å². The Morgan fingerprint density at radius 3 is 2.55 bits per heavy atom. The van der Waals surface area contributed by atoms with Gasteiger partial charge in [-0.25, -0.2) is 9.97 Å². The number of rotatable bonds is 4. The molecular weight excluding hydrogens is 250 g/mol. The summed E-state index contributed by atoms with van der Waals surface area (Å²) in [5.74, 6) is 3.09. The first kappa shape index (κ1) is 13.6. The van der Waals surface area contributed by atoms with Gasteiger partial charge in [-0.2, -0.15) is 0 Å². The van der Waals surface area contributed by atoms with Crippen LogP contribution in [-0.4, -0.2) is 47.6 Å². The van der Waals surface area contributed by atoms with E-state index in [9.17, 15) is 0 Å². The Labute approximate surface area is 121 Å². The van der Waals surface area contributed by atoms with Gasteiger partial charge in [0.05, 0.1) is 0 Å². The van der Waals surface area contributed by atoms with Crippen molar-refractivity contribution in [3.05, 3.63) is 11.9 Å². The van der Waals surface area contributed by atoms with E-state index in [1.807, 2.05) is 6.07 Å². The molecule has 5 heteroatoms. The number of piperidine rings is 1. The zero-order valence-corrected chi connectivity index (χ0v) is 12.5. The molecule has 1 aliphatic carbocycles. The molecule has 2 N–H and O–H groups in total. The summed E-state index contributed by atoms with van der Waals surface area (Å²) in [5, 5.41) is 0. The lowest BCUT2D eigenvalue weighted by atomic mass is 10.0. The van der Waals surface area contributed by atoms with Gasteiger partial charge >= 0.3 is 0 Å². The normalized spacial score (nSPS) is 21.1. The van der Waals surface area contributed by atoms with E-state index in [1.165, 1.54) is 38.8 Å². The van der Waals surface area contributed by atoms with Crippen molar-refractivity contribution in [2.45, 2.75) is 44.6 Å². The van der Waals surface area contributed by atoms with E-state index in [-0.39, 0.29) is 0 Å². The summed E-state index contributed by atoms with van der Waals surface area (Å²) in [4.78, 5) is 13.9. The summed E-state index contributed by atoms with van der Waals surface area (Å²) in [6, 6.07) is 2.48. The molecule has 0 spiro atoms. The molecule has 2 aliphatic rings. The number of nitrogen functional groups attached to an aromatic ring is 1. The van der Waals surface area contributed by atoms with Gasteiger partial charge in [0.2, 0.25) is 0 Å². The van der Waals surface area contributed by atoms with Crippen LogP contribution in [0.3, 0.4) is 0 Å². The molecule has 1 aromatic heterocycles. The fourth-order valence-electron chi connectivity index (χ4n) is 2.99. The lowest BCUT2D eigenvalue weighted by Gasteiger charge is -2.37. The van der Waals surface area contributed by atoms with Crippen molar-refractivity contribution in [3.8, 4) is 0 Å². The van der Waals surface area contributed by atoms with E-state index in [1.54, 1.807) is 0 Å². The van der Waals surface area contributed by atoms with Crippen LogP contribution in [0.4, 0.5) is 11.6 Å². The average Bonchev–Trinajstić information content (AvgIpc) is 3.30. The number of nitrogens with two attached hydrogens (primary N) is 1. The molecule has 0 atom stereocenters. The molecular formula is C15H25N5. The molecule has 0 bridgehead atoms. The maximum atomic E-state index is 5.95. The summed E-state index contributed by atoms with van der Waals surface area (Å²) < 4.78 is 0. The second-order valence-electron chi connectivity index (χ2n) is 6.06. The van der Waals surface area contributed by atoms with Crippen molar-refractivity contribution in [1.29, 1.82) is 0 Å². The third kappa shape index (κ3) is 2.87. The van der Waals surface area contributed by atoms with Gasteiger partial charge in [0.15, 0.2) is 0 Å². The highest BCUT2D eigenvalue weighted by Gasteiger charge is 2.28. The van der Waals surface area contributed by atoms with Gasteiger partial charge in [-0.05, 0) is 32.2 Å². The molecule has 1 saturated heterocycles. The second-order valence-corrected chi connectivity index (χ2v) is 6.06. The Morgan fingerprint density at radius 2 is 1.95 bits per heavy atom. The first-order chi connectivity index (χ1) is 9.67. The van der Waals surface area contributed by atoms with Gasteiger partial charge in [-0.3, -0.25) is 0 Å². The average molecular weight is 275 g/mol. The van der Waals surface area contributed by atoms with Crippen LogP contribution in [0.25, 0.3) is 0 Å². The van der Waals surface area contributed by atoms with E-state index < -0.39 is 0 Å². The molecule has 0 radical (unpaired) electrons. The molecule has 2 heterocycles. The third-order valence-corrected chi connectivity index (χ3v) is 4.61. The number of hydrogen-bond acceptors (Lipinski definition) is 5. The van der Waals surface area contributed by atoms with Crippen LogP contribution < -0.4 is 10.6 Å². The van der Waals surface area contributed by atoms with E-state index >= 15 is 0 Å². The highest BCUT2D eigenvalue weighted by molar-refractivity contribution is 5.48. The molecule has 1 aromatic rings. The van der Waals surface area contributed by atoms with Gasteiger partial charge in [0.25, 0.3) is 0 Å². The monoisotopic (exact) mass is 275 g/mol. The molecule has 1 saturated carbocycles. The number of anilines is 2. The zero-order valence-electron chi connectivity index (χ0n) is 12.5. The van der Waals surface area contributed by atoms with Crippen LogP contribution in [0.2, 0.25) is 0 Å². The Balaban J connectivity index is 1.71. The molecule has 3 rings (SSSR count). The molecule has 5 nitrogen and oxygen atoms in total. The van der Waals surface area contributed by atoms with Gasteiger partial charge in [0.1, 0.15) is 17.5 Å². The first-order valence-electron chi connectivity index (χ1n) is 7.77. The predicted molar refractivity (Wildman–Crippen MR) is 82.0 cm³/mol. The van der Waals surface area contributed by atoms with Crippen molar-refractivity contribution < 1.29 is 0 Å². The Hall–Kier alpha value is -1.36. The number of nitrogens with zero attached hydrogens (tertiary/aromatic N) is 4. The van der Waals surface area contributed by atoms with E-state index in [0.29, 0.717) is 17.8 Å². The largest absolute Gasteiger partial charge is 0.384 e. The molecule has 20 heavy (non-hydrogen) atoms. The SMILES string of the molecule is CCN1CCC(N(C)c2cc(N)nc(C3CC3)n2)CC1. The summed E-state index contributed by atoms with van der Waals surface area (Å²) in [6.07, 6.45) is 4.82. The molecule has 0 amide bonds. The van der Waals surface area contributed by atoms with E-state index in [4.69, 9.17) is 10.7 Å². The Kier molecular flexibility index (Phi) is 3.78. The maximum absolute atomic E-state index is 5.95. The van der Waals surface area contributed by atoms with Crippen molar-refractivity contribution in [2.75, 3.05) is 37.3 Å². The van der Waals surface area contributed by atoms with Crippen molar-refractivity contribution in [3.63, 3.8) is 0 Å². The predicted octanol–water partition coefficient (Wildman–Crippen LogP) is 1.86. The molecule has 2 fully saturated rings. The standard InChI is InChI=1S/C15H25N5/c1-3-20-8-6-12(7-9-20)19(2)14-10-13(16)17-15(18-14)11-4-5-11/h10-12H,3-9H2,1-2H3,(H2,16,17,18). The van der Waals surface area contributed by atoms with Crippen LogP contribution in [0.5, 0.6) is 0 Å². The van der Waals surface area contributed by atoms with Crippen LogP contribution in [0.15, 0.2) is 6.07 Å². The summed E-state index contributed by atoms with van der Waals surface area (Å²) >= 11 is 0. The lowest BCUT2D eigenvalue weighted by Crippen LogP contribution is -2.43. The smallest absolute Gasteiger partial charge is 0.136 e. The number of aromatic nitrogens is 2. The van der Waals surface area contributed by atoms with Gasteiger partial charge in [0, 0.05) is 38.2 Å². The van der Waals surface area contributed by atoms with Gasteiger partial charge in [-0.1, -0.05) is 6.92 Å². The molecule has 110 valence electrons. The fraction of sp³-hybridized carbons (Fsp3) is 0.733. The minimum atomic E-state index is 0.549. The number of likely N-dealkylation sites (tertiary alicyclic amines) is 1. The highest BCUT2D eigenvalue weighted by Crippen LogP contribution is 2.39. The van der Waals surface area contributed by atoms with Crippen LogP contribution >= 0.6 is 0 Å². The maximum Gasteiger partial charge on any atom is 0.136 e. The summed E-state index contributed by atoms with van der Waals surface area (Å²) in [5.41, 5.74) is 5.95. The highest BCUT2D eigenvalue weighted by atomic mass is 15.2. The van der Waals surface area contributed by atoms with Crippen LogP contribution in [0, 0.1) is 0 Å². The van der Waals surface area contributed by atoms with Crippen molar-refractivity contribution >= 4 is 11.6 Å². The Morgan fingerprint density at radius 1 is 1.25 bits per heavy atom. The van der Waals surface area contributed by atoms with Crippen molar-refractivity contribution in [2.24, 2.45) is 0 Å². The number of hydrogen-bond donors (Lipinski definition) is 1. The minimum absolute atomic E-state index is 0.549. The minimum Gasteiger partial charge on any atom is -0.384 e. The topological polar surface area (TPSA) is 58.3 Å². The Bertz CT molecular complexity index is 463. The summed E-state index contributed by atoms with van der Waals surface area (Å²) in [6.45, 7) is 5.75. The van der Waals surface area contributed by atoms with Gasteiger partial charge in [-0.15, -0.1) is 0 Å². The molecule has 0 unspecified atom stereocenters. The second kappa shape index (κ2) is 5.56. The molecule has 1 aliphatic heterocycles. The van der Waals surface area contributed by atoms with E-state index in [2.05, 4.69) is 28.8 Å². The molecule has 0 aromatic carbocycles. The summed E-state index contributed by atoms with van der Waals surface area (Å²) in [7, 11) is 2.14. The zero-order chi connectivity index (χ0) is 14.1. The van der Waals surface area contributed by atoms with Crippen molar-refractivity contribution in [1.82, 2.24) is 14.9 Å². The third-order valence-electron chi connectivity index (χ3n) is 4.61. The van der Waals surface area contributed by atoms with E-state index in [0.717, 1.165) is 18.2 Å². The quantitative estimate of drug-likeness (QED) is 0.909. The first-order valence-corrected chi connectivity index (χ1v) is 7.77. The van der Waals surface area contributed by atoms with Crippen LogP contribution in [0.1, 0.15) is 44.3 Å². The lowest BCUT2D eigenvalue weighted by molar-refractivity contribution is 0.220. The fourth-order valence-corrected chi connectivity index (χ4v) is 2.99.